The van der Waals surface area contributed by atoms with E-state index < -0.39 is 39.7 Å². The molecule has 0 amide bonds. The summed E-state index contributed by atoms with van der Waals surface area (Å²) in [6.07, 6.45) is -0.216. The predicted molar refractivity (Wildman–Crippen MR) is 198 cm³/mol. The Morgan fingerprint density at radius 2 is 0.981 bits per heavy atom. The van der Waals surface area contributed by atoms with Crippen LogP contribution < -0.4 is 18.9 Å². The van der Waals surface area contributed by atoms with Crippen molar-refractivity contribution in [2.24, 2.45) is 0 Å². The van der Waals surface area contributed by atoms with E-state index in [9.17, 15) is 0 Å². The smallest absolute Gasteiger partial charge is 0.380 e. The first-order chi connectivity index (χ1) is 25.3. The molecule has 1 aliphatic heterocycles. The minimum absolute atomic E-state index is 0.128. The highest BCUT2D eigenvalue weighted by Crippen LogP contribution is 2.68. The highest BCUT2D eigenvalue weighted by molar-refractivity contribution is 8.08. The van der Waals surface area contributed by atoms with E-state index in [0.29, 0.717) is 50.1 Å². The lowest BCUT2D eigenvalue weighted by Gasteiger charge is -2.26. The van der Waals surface area contributed by atoms with Crippen molar-refractivity contribution in [1.82, 2.24) is 0 Å². The molecule has 1 atom stereocenters. The maximum Gasteiger partial charge on any atom is 0.380 e. The number of hydrogen-bond acceptors (Lipinski definition) is 6. The molecule has 2 aliphatic rings. The van der Waals surface area contributed by atoms with Crippen molar-refractivity contribution in [2.45, 2.75) is 29.4 Å². The molecular formula is C41H32F6O4S2. The second kappa shape index (κ2) is 13.9. The molecule has 1 aromatic heterocycles. The van der Waals surface area contributed by atoms with Crippen LogP contribution in [0.4, 0.5) is 26.3 Å². The standard InChI is InChI=1S/C41H32F6O4S2/c1-48-27-13-5-23(6-14-27)33-21-31(37(52-33)25-9-17-29(50-3)18-10-25)35-36(40(44,45)41(46,47)39(35,42)43)32-22-34(24-7-15-28(49-2)16-8-24)53-38(32)26-11-19-30(51-4)20-12-26/h5-21,34H,22H2,1-4H3. The van der Waals surface area contributed by atoms with Gasteiger partial charge < -0.3 is 18.9 Å². The summed E-state index contributed by atoms with van der Waals surface area (Å²) in [6, 6.07) is 27.7. The zero-order valence-corrected chi connectivity index (χ0v) is 30.4. The van der Waals surface area contributed by atoms with E-state index in [4.69, 9.17) is 18.9 Å². The molecule has 0 saturated carbocycles. The van der Waals surface area contributed by atoms with Crippen LogP contribution >= 0.6 is 23.1 Å². The summed E-state index contributed by atoms with van der Waals surface area (Å²) in [4.78, 5) is 0.741. The average Bonchev–Trinajstić information content (AvgIpc) is 3.84. The van der Waals surface area contributed by atoms with Crippen LogP contribution in [0, 0.1) is 0 Å². The molecule has 7 rings (SSSR count). The molecule has 274 valence electrons. The Morgan fingerprint density at radius 3 is 1.47 bits per heavy atom. The van der Waals surface area contributed by atoms with Crippen LogP contribution in [-0.2, 0) is 0 Å². The Kier molecular flexibility index (Phi) is 9.57. The summed E-state index contributed by atoms with van der Waals surface area (Å²) in [6.45, 7) is 0. The van der Waals surface area contributed by atoms with Gasteiger partial charge in [0, 0.05) is 36.6 Å². The Morgan fingerprint density at radius 1 is 0.547 bits per heavy atom. The lowest BCUT2D eigenvalue weighted by Crippen LogP contribution is -2.49. The van der Waals surface area contributed by atoms with Crippen molar-refractivity contribution < 1.29 is 45.3 Å². The van der Waals surface area contributed by atoms with Crippen LogP contribution in [0.25, 0.3) is 31.4 Å². The minimum atomic E-state index is -5.75. The fourth-order valence-electron chi connectivity index (χ4n) is 6.64. The van der Waals surface area contributed by atoms with E-state index in [1.54, 1.807) is 97.1 Å². The number of benzene rings is 4. The van der Waals surface area contributed by atoms with Crippen molar-refractivity contribution >= 4 is 33.6 Å². The quantitative estimate of drug-likeness (QED) is 0.132. The average molecular weight is 767 g/mol. The summed E-state index contributed by atoms with van der Waals surface area (Å²) in [5.74, 6) is -14.2. The van der Waals surface area contributed by atoms with Gasteiger partial charge in [0.15, 0.2) is 0 Å². The fraction of sp³-hybridized carbons (Fsp3) is 0.220. The number of halogens is 6. The van der Waals surface area contributed by atoms with E-state index in [2.05, 4.69) is 0 Å². The SMILES string of the molecule is COc1ccc(C2=C(C3=C(c4cc(-c5ccc(OC)cc5)sc4-c4ccc(OC)cc4)C(F)(F)C(F)(F)C3(F)F)CC(c3ccc(OC)cc3)S2)cc1. The first-order valence-corrected chi connectivity index (χ1v) is 18.0. The zero-order chi connectivity index (χ0) is 37.7. The second-order valence-electron chi connectivity index (χ2n) is 12.4. The van der Waals surface area contributed by atoms with Gasteiger partial charge in [0.25, 0.3) is 0 Å². The molecule has 0 bridgehead atoms. The first-order valence-electron chi connectivity index (χ1n) is 16.3. The Balaban J connectivity index is 1.51. The number of methoxy groups -OCH3 is 4. The summed E-state index contributed by atoms with van der Waals surface area (Å²) < 4.78 is 119. The third-order valence-electron chi connectivity index (χ3n) is 9.46. The second-order valence-corrected chi connectivity index (χ2v) is 14.7. The lowest BCUT2D eigenvalue weighted by molar-refractivity contribution is -0.259. The summed E-state index contributed by atoms with van der Waals surface area (Å²) in [5, 5.41) is -0.557. The molecule has 0 N–H and O–H groups in total. The molecule has 0 fully saturated rings. The molecule has 5 aromatic rings. The normalized spacial score (nSPS) is 18.7. The number of thiophene rings is 1. The summed E-state index contributed by atoms with van der Waals surface area (Å²) in [7, 11) is 5.92. The summed E-state index contributed by atoms with van der Waals surface area (Å²) >= 11 is 2.21. The van der Waals surface area contributed by atoms with Gasteiger partial charge in [-0.15, -0.1) is 23.1 Å². The molecule has 1 unspecified atom stereocenters. The van der Waals surface area contributed by atoms with Gasteiger partial charge in [-0.25, -0.2) is 0 Å². The van der Waals surface area contributed by atoms with Crippen molar-refractivity contribution in [3.05, 3.63) is 131 Å². The van der Waals surface area contributed by atoms with E-state index in [1.165, 1.54) is 34.5 Å². The predicted octanol–water partition coefficient (Wildman–Crippen LogP) is 12.1. The molecule has 4 nitrogen and oxygen atoms in total. The number of alkyl halides is 6. The topological polar surface area (TPSA) is 36.9 Å². The Hall–Kier alpha value is -4.81. The third kappa shape index (κ3) is 6.15. The van der Waals surface area contributed by atoms with Gasteiger partial charge in [-0.1, -0.05) is 24.3 Å². The molecule has 12 heteroatoms. The van der Waals surface area contributed by atoms with E-state index >= 15 is 26.3 Å². The molecule has 0 saturated heterocycles. The Bertz CT molecular complexity index is 2190. The van der Waals surface area contributed by atoms with Crippen molar-refractivity contribution in [3.63, 3.8) is 0 Å². The highest BCUT2D eigenvalue weighted by atomic mass is 32.2. The van der Waals surface area contributed by atoms with Gasteiger partial charge in [-0.05, 0) is 113 Å². The van der Waals surface area contributed by atoms with Crippen LogP contribution in [0.5, 0.6) is 23.0 Å². The number of rotatable bonds is 10. The van der Waals surface area contributed by atoms with E-state index in [-0.39, 0.29) is 21.8 Å². The zero-order valence-electron chi connectivity index (χ0n) is 28.8. The van der Waals surface area contributed by atoms with E-state index in [0.717, 1.165) is 23.1 Å². The van der Waals surface area contributed by atoms with Gasteiger partial charge in [-0.2, -0.15) is 26.3 Å². The molecular weight excluding hydrogens is 735 g/mol. The van der Waals surface area contributed by atoms with Gasteiger partial charge in [0.1, 0.15) is 23.0 Å². The number of ether oxygens (including phenoxy) is 4. The van der Waals surface area contributed by atoms with Crippen molar-refractivity contribution in [3.8, 4) is 43.9 Å². The first kappa shape index (κ1) is 36.5. The summed E-state index contributed by atoms with van der Waals surface area (Å²) in [5.41, 5.74) is -1.40. The monoisotopic (exact) mass is 766 g/mol. The van der Waals surface area contributed by atoms with Gasteiger partial charge in [0.2, 0.25) is 0 Å². The third-order valence-corrected chi connectivity index (χ3v) is 12.1. The van der Waals surface area contributed by atoms with Crippen LogP contribution in [0.1, 0.15) is 28.4 Å². The number of thioether (sulfide) groups is 1. The number of allylic oxidation sites excluding steroid dienone is 3. The van der Waals surface area contributed by atoms with E-state index in [1.807, 2.05) is 0 Å². The number of hydrogen-bond donors (Lipinski definition) is 0. The van der Waals surface area contributed by atoms with Gasteiger partial charge in [0.05, 0.1) is 28.4 Å². The maximum absolute atomic E-state index is 16.6. The molecule has 2 heterocycles. The van der Waals surface area contributed by atoms with Crippen molar-refractivity contribution in [2.75, 3.05) is 28.4 Å². The molecule has 4 aromatic carbocycles. The Labute approximate surface area is 310 Å². The lowest BCUT2D eigenvalue weighted by atomic mass is 9.89. The van der Waals surface area contributed by atoms with Crippen LogP contribution in [0.3, 0.4) is 0 Å². The van der Waals surface area contributed by atoms with Gasteiger partial charge >= 0.3 is 17.8 Å². The molecule has 1 aliphatic carbocycles. The molecule has 53 heavy (non-hydrogen) atoms. The largest absolute Gasteiger partial charge is 0.497 e. The van der Waals surface area contributed by atoms with Crippen molar-refractivity contribution in [1.29, 1.82) is 0 Å². The van der Waals surface area contributed by atoms with Crippen LogP contribution in [-0.4, -0.2) is 46.2 Å². The minimum Gasteiger partial charge on any atom is -0.497 e. The van der Waals surface area contributed by atoms with Crippen LogP contribution in [0.15, 0.2) is 114 Å². The van der Waals surface area contributed by atoms with Gasteiger partial charge in [-0.3, -0.25) is 0 Å². The highest BCUT2D eigenvalue weighted by Gasteiger charge is 2.80. The molecule has 0 spiro atoms. The maximum atomic E-state index is 16.6. The molecule has 0 radical (unpaired) electrons. The fourth-order valence-corrected chi connectivity index (χ4v) is 9.24. The van der Waals surface area contributed by atoms with Crippen LogP contribution in [0.2, 0.25) is 0 Å².